The monoisotopic (exact) mass is 1080 g/mol. The molecule has 14 aromatic rings. The van der Waals surface area contributed by atoms with E-state index in [4.69, 9.17) is 0 Å². The second-order valence-corrected chi connectivity index (χ2v) is 23.2. The molecule has 0 fully saturated rings. The molecule has 406 valence electrons. The molecule has 0 amide bonds. The van der Waals surface area contributed by atoms with Crippen LogP contribution in [0.1, 0.15) is 44.5 Å². The zero-order valence-corrected chi connectivity index (χ0v) is 49.0. The Bertz CT molecular complexity index is 4560. The van der Waals surface area contributed by atoms with E-state index in [1.807, 2.05) is 0 Å². The number of nitrogens with zero attached hydrogens (tertiary/aromatic N) is 4. The molecule has 0 N–H and O–H groups in total. The normalized spacial score (nSPS) is 11.6. The second-order valence-electron chi connectivity index (χ2n) is 23.2. The van der Waals surface area contributed by atoms with Crippen LogP contribution in [0.25, 0.3) is 53.9 Å². The summed E-state index contributed by atoms with van der Waals surface area (Å²) in [6, 6.07) is 96.5. The highest BCUT2D eigenvalue weighted by Gasteiger charge is 2.38. The smallest absolute Gasteiger partial charge is 0.0975 e. The molecule has 0 aliphatic heterocycles. The molecule has 14 aromatic carbocycles. The van der Waals surface area contributed by atoms with Gasteiger partial charge in [0.2, 0.25) is 0 Å². The maximum Gasteiger partial charge on any atom is 0.0975 e. The molecule has 0 saturated carbocycles. The van der Waals surface area contributed by atoms with Gasteiger partial charge in [0.15, 0.2) is 0 Å². The molecule has 0 spiro atoms. The van der Waals surface area contributed by atoms with Gasteiger partial charge in [-0.25, -0.2) is 0 Å². The summed E-state index contributed by atoms with van der Waals surface area (Å²) in [6.45, 7) is 17.5. The molecule has 0 aromatic heterocycles. The van der Waals surface area contributed by atoms with Crippen molar-refractivity contribution < 1.29 is 0 Å². The maximum atomic E-state index is 2.59. The number of rotatable bonds is 12. The van der Waals surface area contributed by atoms with E-state index in [0.717, 1.165) is 79.0 Å². The lowest BCUT2D eigenvalue weighted by Crippen LogP contribution is -2.24. The quantitative estimate of drug-likeness (QED) is 0.0893. The predicted molar refractivity (Wildman–Crippen MR) is 362 cm³/mol. The van der Waals surface area contributed by atoms with Crippen molar-refractivity contribution in [3.63, 3.8) is 0 Å². The lowest BCUT2D eigenvalue weighted by Gasteiger charge is -2.42. The first kappa shape index (κ1) is 52.0. The van der Waals surface area contributed by atoms with Crippen LogP contribution in [0.4, 0.5) is 68.2 Å². The van der Waals surface area contributed by atoms with Crippen LogP contribution in [0.5, 0.6) is 0 Å². The van der Waals surface area contributed by atoms with Gasteiger partial charge in [0.25, 0.3) is 0 Å². The van der Waals surface area contributed by atoms with Crippen molar-refractivity contribution in [1.82, 2.24) is 0 Å². The van der Waals surface area contributed by atoms with Crippen molar-refractivity contribution >= 4 is 122 Å². The molecule has 0 aliphatic carbocycles. The predicted octanol–water partition coefficient (Wildman–Crippen LogP) is 23.2. The molecule has 0 atom stereocenters. The topological polar surface area (TPSA) is 13.0 Å². The average molecular weight is 1080 g/mol. The molecule has 0 bridgehead atoms. The Labute approximate surface area is 493 Å². The third-order valence-corrected chi connectivity index (χ3v) is 17.0. The number of fused-ring (bicyclic) bond motifs is 5. The number of aryl methyl sites for hydroxylation is 8. The first-order chi connectivity index (χ1) is 40.9. The summed E-state index contributed by atoms with van der Waals surface area (Å²) >= 11 is 0. The van der Waals surface area contributed by atoms with E-state index >= 15 is 0 Å². The number of hydrogen-bond acceptors (Lipinski definition) is 4. The molecule has 0 unspecified atom stereocenters. The standard InChI is InChI=1S/C80H66N4/c1-51-16-34-62(35-17-51)81(63-36-18-52(2)19-37-63)77-75-71-15-11-13-59-32-33-61-50-60-12-9-10-14-70(60)74(73(61)72(59)71)76(75)78(82(64-38-20-53(3)21-39-64)65-40-22-54(4)23-41-65)80(84(68-46-28-57(7)29-47-68)69-48-30-58(8)31-49-69)79(77)83(66-42-24-55(5)25-43-66)67-44-26-56(6)27-45-67/h9-50H,1-8H3. The van der Waals surface area contributed by atoms with Gasteiger partial charge < -0.3 is 19.6 Å². The lowest BCUT2D eigenvalue weighted by atomic mass is 9.83. The Morgan fingerprint density at radius 3 is 0.798 bits per heavy atom. The zero-order chi connectivity index (χ0) is 57.3. The molecule has 14 rings (SSSR count). The van der Waals surface area contributed by atoms with Crippen molar-refractivity contribution in [3.8, 4) is 0 Å². The van der Waals surface area contributed by atoms with Crippen molar-refractivity contribution in [1.29, 1.82) is 0 Å². The largest absolute Gasteiger partial charge is 0.308 e. The van der Waals surface area contributed by atoms with Gasteiger partial charge in [0.1, 0.15) is 0 Å². The van der Waals surface area contributed by atoms with E-state index in [-0.39, 0.29) is 0 Å². The van der Waals surface area contributed by atoms with Gasteiger partial charge in [0, 0.05) is 61.7 Å². The average Bonchev–Trinajstić information content (AvgIpc) is 0.911. The fraction of sp³-hybridized carbons (Fsp3) is 0.100. The SMILES string of the molecule is Cc1ccc(N(c2ccc(C)cc2)c2c(N(c3ccc(C)cc3)c3ccc(C)cc3)c(N(c3ccc(C)cc3)c3ccc(C)cc3)c3c(c2N(c2ccc(C)cc2)c2ccc(C)cc2)c2cccc4ccc5cc6ccccc6c3c5c42)cc1. The Hall–Kier alpha value is -10.2. The lowest BCUT2D eigenvalue weighted by molar-refractivity contribution is 1.18. The molecule has 4 nitrogen and oxygen atoms in total. The summed E-state index contributed by atoms with van der Waals surface area (Å²) in [5.74, 6) is 0. The first-order valence-corrected chi connectivity index (χ1v) is 29.3. The van der Waals surface area contributed by atoms with Crippen molar-refractivity contribution in [3.05, 3.63) is 299 Å². The number of benzene rings is 14. The van der Waals surface area contributed by atoms with Crippen LogP contribution in [0.15, 0.2) is 255 Å². The van der Waals surface area contributed by atoms with Gasteiger partial charge in [-0.3, -0.25) is 0 Å². The van der Waals surface area contributed by atoms with Crippen molar-refractivity contribution in [2.24, 2.45) is 0 Å². The number of anilines is 12. The van der Waals surface area contributed by atoms with Crippen LogP contribution >= 0.6 is 0 Å². The highest BCUT2D eigenvalue weighted by atomic mass is 15.3. The third kappa shape index (κ3) is 9.03. The molecule has 4 heteroatoms. The Morgan fingerprint density at radius 2 is 0.452 bits per heavy atom. The van der Waals surface area contributed by atoms with Crippen LogP contribution in [0.2, 0.25) is 0 Å². The van der Waals surface area contributed by atoms with Gasteiger partial charge in [-0.15, -0.1) is 0 Å². The molecular weight excluding hydrogens is 1020 g/mol. The van der Waals surface area contributed by atoms with E-state index in [0.29, 0.717) is 0 Å². The summed E-state index contributed by atoms with van der Waals surface area (Å²) in [4.78, 5) is 10.3. The fourth-order valence-electron chi connectivity index (χ4n) is 12.6. The minimum Gasteiger partial charge on any atom is -0.308 e. The van der Waals surface area contributed by atoms with E-state index < -0.39 is 0 Å². The zero-order valence-electron chi connectivity index (χ0n) is 49.0. The van der Waals surface area contributed by atoms with Gasteiger partial charge in [-0.2, -0.15) is 0 Å². The minimum absolute atomic E-state index is 0.996. The van der Waals surface area contributed by atoms with Crippen LogP contribution in [-0.2, 0) is 0 Å². The van der Waals surface area contributed by atoms with Gasteiger partial charge in [-0.1, -0.05) is 196 Å². The highest BCUT2D eigenvalue weighted by Crippen LogP contribution is 2.65. The molecule has 0 heterocycles. The van der Waals surface area contributed by atoms with E-state index in [2.05, 4.69) is 330 Å². The Morgan fingerprint density at radius 1 is 0.179 bits per heavy atom. The third-order valence-electron chi connectivity index (χ3n) is 17.0. The van der Waals surface area contributed by atoms with Crippen LogP contribution in [-0.4, -0.2) is 0 Å². The summed E-state index contributed by atoms with van der Waals surface area (Å²) in [5.41, 5.74) is 21.8. The number of hydrogen-bond donors (Lipinski definition) is 0. The second kappa shape index (κ2) is 21.0. The summed E-state index contributed by atoms with van der Waals surface area (Å²) in [7, 11) is 0. The molecule has 0 saturated heterocycles. The molecular formula is C80H66N4. The van der Waals surface area contributed by atoms with Gasteiger partial charge >= 0.3 is 0 Å². The summed E-state index contributed by atoms with van der Waals surface area (Å²) in [6.07, 6.45) is 0. The Kier molecular flexibility index (Phi) is 13.0. The first-order valence-electron chi connectivity index (χ1n) is 29.3. The highest BCUT2D eigenvalue weighted by molar-refractivity contribution is 6.44. The summed E-state index contributed by atoms with van der Waals surface area (Å²) < 4.78 is 0. The van der Waals surface area contributed by atoms with E-state index in [1.54, 1.807) is 0 Å². The van der Waals surface area contributed by atoms with Crippen LogP contribution < -0.4 is 19.6 Å². The van der Waals surface area contributed by atoms with Gasteiger partial charge in [-0.05, 0) is 196 Å². The minimum atomic E-state index is 0.996. The van der Waals surface area contributed by atoms with Crippen molar-refractivity contribution in [2.75, 3.05) is 19.6 Å². The summed E-state index contributed by atoms with van der Waals surface area (Å²) in [5, 5.41) is 11.9. The van der Waals surface area contributed by atoms with Crippen LogP contribution in [0.3, 0.4) is 0 Å². The molecule has 0 radical (unpaired) electrons. The fourth-order valence-corrected chi connectivity index (χ4v) is 12.6. The maximum absolute atomic E-state index is 2.59. The van der Waals surface area contributed by atoms with E-state index in [9.17, 15) is 0 Å². The van der Waals surface area contributed by atoms with E-state index in [1.165, 1.54) is 87.6 Å². The Balaban J connectivity index is 1.39. The van der Waals surface area contributed by atoms with Crippen molar-refractivity contribution in [2.45, 2.75) is 55.4 Å². The van der Waals surface area contributed by atoms with Crippen LogP contribution in [0, 0.1) is 55.4 Å². The molecule has 84 heavy (non-hydrogen) atoms. The molecule has 0 aliphatic rings. The van der Waals surface area contributed by atoms with Gasteiger partial charge in [0.05, 0.1) is 22.7 Å².